The zero-order valence-corrected chi connectivity index (χ0v) is 11.3. The van der Waals surface area contributed by atoms with Crippen molar-refractivity contribution in [1.82, 2.24) is 4.98 Å². The number of carbonyl (C=O) groups excluding carboxylic acids is 2. The number of amides is 1. The van der Waals surface area contributed by atoms with Gasteiger partial charge in [0.2, 0.25) is 5.91 Å². The largest absolute Gasteiger partial charge is 0.398 e. The Morgan fingerprint density at radius 3 is 2.85 bits per heavy atom. The van der Waals surface area contributed by atoms with Crippen LogP contribution in [0.4, 0.5) is 5.69 Å². The molecule has 104 valence electrons. The van der Waals surface area contributed by atoms with Crippen LogP contribution in [-0.2, 0) is 9.59 Å². The highest BCUT2D eigenvalue weighted by Crippen LogP contribution is 2.28. The predicted molar refractivity (Wildman–Crippen MR) is 78.1 cm³/mol. The quantitative estimate of drug-likeness (QED) is 0.638. The van der Waals surface area contributed by atoms with Gasteiger partial charge >= 0.3 is 0 Å². The summed E-state index contributed by atoms with van der Waals surface area (Å²) < 4.78 is 0. The highest BCUT2D eigenvalue weighted by atomic mass is 16.1. The molecule has 1 unspecified atom stereocenters. The molecule has 0 radical (unpaired) electrons. The van der Waals surface area contributed by atoms with Gasteiger partial charge < -0.3 is 16.3 Å². The molecule has 0 saturated heterocycles. The summed E-state index contributed by atoms with van der Waals surface area (Å²) in [5.41, 5.74) is 14.1. The molecule has 4 N–H and O–H groups in total. The number of aromatic nitrogens is 1. The second-order valence-corrected chi connectivity index (χ2v) is 4.82. The van der Waals surface area contributed by atoms with Gasteiger partial charge in [-0.3, -0.25) is 9.78 Å². The van der Waals surface area contributed by atoms with Crippen molar-refractivity contribution in [3.8, 4) is 0 Å². The first-order valence-corrected chi connectivity index (χ1v) is 6.42. The Morgan fingerprint density at radius 1 is 1.45 bits per heavy atom. The summed E-state index contributed by atoms with van der Waals surface area (Å²) in [6.07, 6.45) is 1.39. The van der Waals surface area contributed by atoms with E-state index in [2.05, 4.69) is 4.98 Å². The molecule has 1 aromatic heterocycles. The van der Waals surface area contributed by atoms with Gasteiger partial charge in [-0.05, 0) is 37.1 Å². The fourth-order valence-electron chi connectivity index (χ4n) is 2.30. The molecule has 2 rings (SSSR count). The van der Waals surface area contributed by atoms with Gasteiger partial charge in [0.1, 0.15) is 6.29 Å². The van der Waals surface area contributed by atoms with E-state index in [1.54, 1.807) is 6.07 Å². The van der Waals surface area contributed by atoms with Crippen molar-refractivity contribution in [3.63, 3.8) is 0 Å². The first kappa shape index (κ1) is 14.0. The number of rotatable bonds is 5. The van der Waals surface area contributed by atoms with Crippen LogP contribution in [0.1, 0.15) is 30.0 Å². The summed E-state index contributed by atoms with van der Waals surface area (Å²) in [5, 5.41) is 0.819. The Hall–Kier alpha value is -2.43. The molecular weight excluding hydrogens is 254 g/mol. The minimum Gasteiger partial charge on any atom is -0.398 e. The maximum atomic E-state index is 11.3. The fraction of sp³-hybridized carbons (Fsp3) is 0.267. The number of primary amides is 1. The van der Waals surface area contributed by atoms with Crippen molar-refractivity contribution < 1.29 is 9.59 Å². The third-order valence-corrected chi connectivity index (χ3v) is 3.39. The fourth-order valence-corrected chi connectivity index (χ4v) is 2.30. The van der Waals surface area contributed by atoms with Crippen LogP contribution < -0.4 is 11.5 Å². The number of pyridine rings is 1. The second-order valence-electron chi connectivity index (χ2n) is 4.82. The maximum Gasteiger partial charge on any atom is 0.217 e. The summed E-state index contributed by atoms with van der Waals surface area (Å²) in [4.78, 5) is 26.6. The van der Waals surface area contributed by atoms with E-state index in [9.17, 15) is 9.59 Å². The SMILES string of the molecule is Cc1nc2cccc(N)c2cc1C(C=O)CCC(N)=O. The Labute approximate surface area is 117 Å². The lowest BCUT2D eigenvalue weighted by Gasteiger charge is -2.14. The normalized spacial score (nSPS) is 12.2. The topological polar surface area (TPSA) is 99.1 Å². The number of benzene rings is 1. The predicted octanol–water partition coefficient (Wildman–Crippen LogP) is 1.67. The van der Waals surface area contributed by atoms with Gasteiger partial charge in [0.05, 0.1) is 5.52 Å². The minimum atomic E-state index is -0.414. The van der Waals surface area contributed by atoms with Crippen LogP contribution in [0.3, 0.4) is 0 Å². The van der Waals surface area contributed by atoms with Crippen molar-refractivity contribution >= 4 is 28.8 Å². The minimum absolute atomic E-state index is 0.172. The Morgan fingerprint density at radius 2 is 2.20 bits per heavy atom. The smallest absolute Gasteiger partial charge is 0.217 e. The molecule has 0 bridgehead atoms. The number of nitrogens with zero attached hydrogens (tertiary/aromatic N) is 1. The lowest BCUT2D eigenvalue weighted by atomic mass is 9.93. The van der Waals surface area contributed by atoms with Crippen molar-refractivity contribution in [3.05, 3.63) is 35.5 Å². The van der Waals surface area contributed by atoms with Gasteiger partial charge in [0.25, 0.3) is 0 Å². The molecule has 0 fully saturated rings. The van der Waals surface area contributed by atoms with Gasteiger partial charge in [-0.2, -0.15) is 0 Å². The van der Waals surface area contributed by atoms with E-state index in [1.807, 2.05) is 25.1 Å². The van der Waals surface area contributed by atoms with Crippen LogP contribution in [0.5, 0.6) is 0 Å². The molecule has 1 aromatic carbocycles. The monoisotopic (exact) mass is 271 g/mol. The molecule has 5 heteroatoms. The van der Waals surface area contributed by atoms with Gasteiger partial charge in [0, 0.05) is 29.1 Å². The summed E-state index contributed by atoms with van der Waals surface area (Å²) in [6.45, 7) is 1.85. The zero-order chi connectivity index (χ0) is 14.7. The summed E-state index contributed by atoms with van der Waals surface area (Å²) in [5.74, 6) is -0.804. The number of hydrogen-bond donors (Lipinski definition) is 2. The number of nitrogens with two attached hydrogens (primary N) is 2. The van der Waals surface area contributed by atoms with Gasteiger partial charge in [-0.25, -0.2) is 0 Å². The van der Waals surface area contributed by atoms with Crippen LogP contribution in [0.2, 0.25) is 0 Å². The van der Waals surface area contributed by atoms with Crippen LogP contribution in [0.15, 0.2) is 24.3 Å². The zero-order valence-electron chi connectivity index (χ0n) is 11.3. The molecule has 0 spiro atoms. The second kappa shape index (κ2) is 5.69. The first-order valence-electron chi connectivity index (χ1n) is 6.42. The lowest BCUT2D eigenvalue weighted by molar-refractivity contribution is -0.118. The average Bonchev–Trinajstić information content (AvgIpc) is 2.40. The van der Waals surface area contributed by atoms with E-state index in [-0.39, 0.29) is 12.3 Å². The number of fused-ring (bicyclic) bond motifs is 1. The Balaban J connectivity index is 2.46. The summed E-state index contributed by atoms with van der Waals surface area (Å²) >= 11 is 0. The Bertz CT molecular complexity index is 667. The third-order valence-electron chi connectivity index (χ3n) is 3.39. The van der Waals surface area contributed by atoms with E-state index in [0.29, 0.717) is 12.1 Å². The number of carbonyl (C=O) groups is 2. The molecule has 1 amide bonds. The highest BCUT2D eigenvalue weighted by Gasteiger charge is 2.16. The van der Waals surface area contributed by atoms with Gasteiger partial charge in [-0.15, -0.1) is 0 Å². The van der Waals surface area contributed by atoms with E-state index in [1.165, 1.54) is 0 Å². The molecular formula is C15H17N3O2. The molecule has 1 atom stereocenters. The molecule has 1 heterocycles. The van der Waals surface area contributed by atoms with E-state index in [0.717, 1.165) is 28.4 Å². The van der Waals surface area contributed by atoms with Crippen molar-refractivity contribution in [2.75, 3.05) is 5.73 Å². The molecule has 2 aromatic rings. The van der Waals surface area contributed by atoms with Crippen molar-refractivity contribution in [1.29, 1.82) is 0 Å². The van der Waals surface area contributed by atoms with E-state index < -0.39 is 5.91 Å². The van der Waals surface area contributed by atoms with Crippen molar-refractivity contribution in [2.45, 2.75) is 25.7 Å². The van der Waals surface area contributed by atoms with Gasteiger partial charge in [-0.1, -0.05) is 6.07 Å². The molecule has 0 aliphatic carbocycles. The van der Waals surface area contributed by atoms with Crippen molar-refractivity contribution in [2.24, 2.45) is 5.73 Å². The highest BCUT2D eigenvalue weighted by molar-refractivity contribution is 5.91. The van der Waals surface area contributed by atoms with Crippen LogP contribution in [-0.4, -0.2) is 17.2 Å². The molecule has 0 aliphatic heterocycles. The third kappa shape index (κ3) is 2.77. The number of aryl methyl sites for hydroxylation is 1. The standard InChI is InChI=1S/C15H17N3O2/c1-9-11(10(8-19)5-6-15(17)20)7-12-13(16)3-2-4-14(12)18-9/h2-4,7-8,10H,5-6,16H2,1H3,(H2,17,20). The number of anilines is 1. The van der Waals surface area contributed by atoms with Crippen LogP contribution >= 0.6 is 0 Å². The molecule has 0 saturated carbocycles. The van der Waals surface area contributed by atoms with Crippen LogP contribution in [0.25, 0.3) is 10.9 Å². The first-order chi connectivity index (χ1) is 9.52. The molecule has 20 heavy (non-hydrogen) atoms. The Kier molecular flexibility index (Phi) is 3.98. The number of hydrogen-bond acceptors (Lipinski definition) is 4. The lowest BCUT2D eigenvalue weighted by Crippen LogP contribution is -2.13. The number of nitrogen functional groups attached to an aromatic ring is 1. The van der Waals surface area contributed by atoms with E-state index >= 15 is 0 Å². The number of aldehydes is 1. The van der Waals surface area contributed by atoms with Gasteiger partial charge in [0.15, 0.2) is 0 Å². The van der Waals surface area contributed by atoms with E-state index in [4.69, 9.17) is 11.5 Å². The molecule has 5 nitrogen and oxygen atoms in total. The average molecular weight is 271 g/mol. The molecule has 0 aliphatic rings. The van der Waals surface area contributed by atoms with Crippen LogP contribution in [0, 0.1) is 6.92 Å². The summed E-state index contributed by atoms with van der Waals surface area (Å²) in [7, 11) is 0. The maximum absolute atomic E-state index is 11.3. The summed E-state index contributed by atoms with van der Waals surface area (Å²) in [6, 6.07) is 7.39.